The lowest BCUT2D eigenvalue weighted by atomic mass is 10.0. The van der Waals surface area contributed by atoms with Crippen molar-refractivity contribution in [3.8, 4) is 0 Å². The molecule has 4 nitrogen and oxygen atoms in total. The number of anilines is 1. The Morgan fingerprint density at radius 2 is 1.56 bits per heavy atom. The molecule has 0 aromatic heterocycles. The summed E-state index contributed by atoms with van der Waals surface area (Å²) < 4.78 is 74.6. The van der Waals surface area contributed by atoms with Gasteiger partial charge in [0.15, 0.2) is 5.56 Å². The van der Waals surface area contributed by atoms with Gasteiger partial charge in [0, 0.05) is 0 Å². The highest BCUT2D eigenvalue weighted by Gasteiger charge is 2.47. The third kappa shape index (κ3) is 2.46. The van der Waals surface area contributed by atoms with Crippen LogP contribution >= 0.6 is 0 Å². The first-order valence-electron chi connectivity index (χ1n) is 4.17. The fourth-order valence-electron chi connectivity index (χ4n) is 1.32. The van der Waals surface area contributed by atoms with Crippen LogP contribution in [0.25, 0.3) is 0 Å². The molecule has 0 atom stereocenters. The molecule has 0 spiro atoms. The molecule has 0 aliphatic rings. The average Bonchev–Trinajstić information content (AvgIpc) is 2.12. The number of hydrogen-bond donors (Lipinski definition) is 1. The molecular weight excluding hydrogens is 270 g/mol. The third-order valence-electron chi connectivity index (χ3n) is 1.98. The summed E-state index contributed by atoms with van der Waals surface area (Å²) >= 11 is 0. The van der Waals surface area contributed by atoms with E-state index in [1.54, 1.807) is 0 Å². The fraction of sp³-hybridized carbons (Fsp3) is 0.250. The first-order valence-corrected chi connectivity index (χ1v) is 4.17. The molecule has 18 heavy (non-hydrogen) atoms. The second kappa shape index (κ2) is 4.03. The normalized spacial score (nSPS) is 12.6. The van der Waals surface area contributed by atoms with E-state index in [0.717, 1.165) is 0 Å². The van der Waals surface area contributed by atoms with Gasteiger partial charge in [0.2, 0.25) is 0 Å². The molecule has 0 bridgehead atoms. The van der Waals surface area contributed by atoms with E-state index in [9.17, 15) is 36.5 Å². The van der Waals surface area contributed by atoms with Crippen LogP contribution in [0.4, 0.5) is 37.7 Å². The molecule has 0 aliphatic carbocycles. The molecule has 0 heterocycles. The minimum Gasteiger partial charge on any atom is -0.398 e. The molecule has 10 heteroatoms. The Kier molecular flexibility index (Phi) is 3.15. The fourth-order valence-corrected chi connectivity index (χ4v) is 1.32. The summed E-state index contributed by atoms with van der Waals surface area (Å²) in [5, 5.41) is 10.4. The van der Waals surface area contributed by atoms with Crippen LogP contribution in [-0.2, 0) is 12.4 Å². The Bertz CT molecular complexity index is 494. The molecule has 2 N–H and O–H groups in total. The molecule has 1 aromatic rings. The van der Waals surface area contributed by atoms with Crippen LogP contribution in [0.2, 0.25) is 0 Å². The second-order valence-electron chi connectivity index (χ2n) is 3.18. The molecule has 1 rings (SSSR count). The third-order valence-corrected chi connectivity index (χ3v) is 1.98. The van der Waals surface area contributed by atoms with Crippen LogP contribution in [-0.4, -0.2) is 4.92 Å². The first-order chi connectivity index (χ1) is 7.96. The maximum Gasteiger partial charge on any atom is 0.425 e. The lowest BCUT2D eigenvalue weighted by molar-refractivity contribution is -0.391. The number of nitrogens with two attached hydrogens (primary N) is 1. The standard InChI is InChI=1S/C8H4F6N2O2/c9-7(10,11)3-1-2-4(15)5(8(12,13)14)6(3)16(17)18/h1-2H,15H2. The average molecular weight is 274 g/mol. The SMILES string of the molecule is Nc1ccc(C(F)(F)F)c([N+](=O)[O-])c1C(F)(F)F. The minimum atomic E-state index is -5.35. The first kappa shape index (κ1) is 14.1. The van der Waals surface area contributed by atoms with Gasteiger partial charge in [0.1, 0.15) is 5.56 Å². The van der Waals surface area contributed by atoms with E-state index >= 15 is 0 Å². The summed E-state index contributed by atoms with van der Waals surface area (Å²) in [6.45, 7) is 0. The van der Waals surface area contributed by atoms with Crippen LogP contribution < -0.4 is 5.73 Å². The maximum absolute atomic E-state index is 12.5. The van der Waals surface area contributed by atoms with Crippen molar-refractivity contribution in [3.05, 3.63) is 33.4 Å². The van der Waals surface area contributed by atoms with E-state index < -0.39 is 39.8 Å². The highest BCUT2D eigenvalue weighted by molar-refractivity contribution is 5.63. The number of nitrogens with zero attached hydrogens (tertiary/aromatic N) is 1. The van der Waals surface area contributed by atoms with E-state index in [-0.39, 0.29) is 6.07 Å². The number of nitro groups is 1. The summed E-state index contributed by atoms with van der Waals surface area (Å²) in [5.41, 5.74) is -2.45. The van der Waals surface area contributed by atoms with Gasteiger partial charge < -0.3 is 5.73 Å². The van der Waals surface area contributed by atoms with Crippen LogP contribution in [0.5, 0.6) is 0 Å². The summed E-state index contributed by atoms with van der Waals surface area (Å²) in [4.78, 5) is 8.69. The molecule has 0 amide bonds. The lowest BCUT2D eigenvalue weighted by Crippen LogP contribution is -2.17. The number of alkyl halides is 6. The summed E-state index contributed by atoms with van der Waals surface area (Å²) in [7, 11) is 0. The van der Waals surface area contributed by atoms with Gasteiger partial charge in [-0.15, -0.1) is 0 Å². The van der Waals surface area contributed by atoms with E-state index in [0.29, 0.717) is 6.07 Å². The Morgan fingerprint density at radius 1 is 1.06 bits per heavy atom. The molecule has 0 saturated heterocycles. The molecule has 1 aromatic carbocycles. The van der Waals surface area contributed by atoms with Crippen molar-refractivity contribution in [1.29, 1.82) is 0 Å². The van der Waals surface area contributed by atoms with Gasteiger partial charge in [-0.05, 0) is 12.1 Å². The zero-order chi connectivity index (χ0) is 14.3. The van der Waals surface area contributed by atoms with Crippen molar-refractivity contribution in [1.82, 2.24) is 0 Å². The highest BCUT2D eigenvalue weighted by Crippen LogP contribution is 2.46. The van der Waals surface area contributed by atoms with Crippen molar-refractivity contribution < 1.29 is 31.3 Å². The van der Waals surface area contributed by atoms with Gasteiger partial charge in [-0.1, -0.05) is 0 Å². The number of benzene rings is 1. The van der Waals surface area contributed by atoms with Gasteiger partial charge in [0.05, 0.1) is 10.6 Å². The predicted octanol–water partition coefficient (Wildman–Crippen LogP) is 3.21. The zero-order valence-corrected chi connectivity index (χ0v) is 8.26. The van der Waals surface area contributed by atoms with E-state index in [2.05, 4.69) is 0 Å². The van der Waals surface area contributed by atoms with Gasteiger partial charge in [-0.2, -0.15) is 26.3 Å². The van der Waals surface area contributed by atoms with Crippen molar-refractivity contribution in [2.45, 2.75) is 12.4 Å². The lowest BCUT2D eigenvalue weighted by Gasteiger charge is -2.14. The van der Waals surface area contributed by atoms with E-state index in [1.807, 2.05) is 0 Å². The minimum absolute atomic E-state index is 0.142. The van der Waals surface area contributed by atoms with Crippen LogP contribution in [0.1, 0.15) is 11.1 Å². The summed E-state index contributed by atoms with van der Waals surface area (Å²) in [6, 6.07) is 0.474. The van der Waals surface area contributed by atoms with Gasteiger partial charge in [-0.3, -0.25) is 10.1 Å². The number of rotatable bonds is 1. The Hall–Kier alpha value is -2.00. The second-order valence-corrected chi connectivity index (χ2v) is 3.18. The van der Waals surface area contributed by atoms with Gasteiger partial charge in [-0.25, -0.2) is 0 Å². The van der Waals surface area contributed by atoms with Crippen LogP contribution in [0.3, 0.4) is 0 Å². The summed E-state index contributed by atoms with van der Waals surface area (Å²) in [6.07, 6.45) is -10.6. The maximum atomic E-state index is 12.5. The molecule has 100 valence electrons. The van der Waals surface area contributed by atoms with Crippen molar-refractivity contribution in [2.24, 2.45) is 0 Å². The number of hydrogen-bond acceptors (Lipinski definition) is 3. The van der Waals surface area contributed by atoms with Gasteiger partial charge >= 0.3 is 12.4 Å². The highest BCUT2D eigenvalue weighted by atomic mass is 19.4. The monoisotopic (exact) mass is 274 g/mol. The van der Waals surface area contributed by atoms with Crippen LogP contribution in [0, 0.1) is 10.1 Å². The Balaban J connectivity index is 3.76. The van der Waals surface area contributed by atoms with E-state index in [1.165, 1.54) is 0 Å². The summed E-state index contributed by atoms with van der Waals surface area (Å²) in [5.74, 6) is 0. The molecule has 0 aliphatic heterocycles. The van der Waals surface area contributed by atoms with E-state index in [4.69, 9.17) is 5.73 Å². The molecule has 0 fully saturated rings. The van der Waals surface area contributed by atoms with Crippen molar-refractivity contribution in [3.63, 3.8) is 0 Å². The van der Waals surface area contributed by atoms with Crippen molar-refractivity contribution >= 4 is 11.4 Å². The Morgan fingerprint density at radius 3 is 1.89 bits per heavy atom. The van der Waals surface area contributed by atoms with Gasteiger partial charge in [0.25, 0.3) is 5.69 Å². The number of nitrogen functional groups attached to an aromatic ring is 1. The predicted molar refractivity (Wildman–Crippen MR) is 47.5 cm³/mol. The molecule has 0 unspecified atom stereocenters. The quantitative estimate of drug-likeness (QED) is 0.370. The van der Waals surface area contributed by atoms with Crippen LogP contribution in [0.15, 0.2) is 12.1 Å². The molecule has 0 radical (unpaired) electrons. The Labute approximate surface area is 95.1 Å². The number of halogens is 6. The molecule has 0 saturated carbocycles. The zero-order valence-electron chi connectivity index (χ0n) is 8.26. The topological polar surface area (TPSA) is 69.2 Å². The smallest absolute Gasteiger partial charge is 0.398 e. The van der Waals surface area contributed by atoms with Crippen molar-refractivity contribution in [2.75, 3.05) is 5.73 Å². The number of nitro benzene ring substituents is 1. The molecular formula is C8H4F6N2O2. The largest absolute Gasteiger partial charge is 0.425 e.